The van der Waals surface area contributed by atoms with Gasteiger partial charge in [-0.05, 0) is 60.9 Å². The van der Waals surface area contributed by atoms with E-state index in [0.717, 1.165) is 12.0 Å². The molecular formula is C25H28N2O4S. The SMILES string of the molecule is CCc1ccc(C(C)NC(=O)COc2ccc(N(C)S(=O)(=O)c3ccccc3)cc2)cc1. The van der Waals surface area contributed by atoms with Crippen molar-refractivity contribution in [1.29, 1.82) is 0 Å². The van der Waals surface area contributed by atoms with Crippen LogP contribution in [0.25, 0.3) is 0 Å². The maximum absolute atomic E-state index is 12.7. The minimum Gasteiger partial charge on any atom is -0.484 e. The third kappa shape index (κ3) is 5.68. The van der Waals surface area contributed by atoms with E-state index in [1.807, 2.05) is 19.1 Å². The van der Waals surface area contributed by atoms with Crippen molar-refractivity contribution in [1.82, 2.24) is 5.32 Å². The van der Waals surface area contributed by atoms with Gasteiger partial charge >= 0.3 is 0 Å². The van der Waals surface area contributed by atoms with Gasteiger partial charge in [0.05, 0.1) is 16.6 Å². The Kier molecular flexibility index (Phi) is 7.53. The summed E-state index contributed by atoms with van der Waals surface area (Å²) in [7, 11) is -2.15. The molecule has 0 spiro atoms. The maximum Gasteiger partial charge on any atom is 0.264 e. The zero-order valence-electron chi connectivity index (χ0n) is 18.5. The number of hydrogen-bond donors (Lipinski definition) is 1. The van der Waals surface area contributed by atoms with Crippen molar-refractivity contribution in [3.8, 4) is 5.75 Å². The summed E-state index contributed by atoms with van der Waals surface area (Å²) in [6, 6.07) is 22.9. The minimum absolute atomic E-state index is 0.128. The molecule has 0 heterocycles. The van der Waals surface area contributed by atoms with E-state index in [0.29, 0.717) is 11.4 Å². The Morgan fingerprint density at radius 2 is 1.59 bits per heavy atom. The zero-order chi connectivity index (χ0) is 23.1. The number of benzene rings is 3. The molecule has 0 radical (unpaired) electrons. The fraction of sp³-hybridized carbons (Fsp3) is 0.240. The first-order chi connectivity index (χ1) is 15.3. The molecule has 3 rings (SSSR count). The van der Waals surface area contributed by atoms with E-state index in [1.54, 1.807) is 54.6 Å². The van der Waals surface area contributed by atoms with Crippen LogP contribution in [0.3, 0.4) is 0 Å². The van der Waals surface area contributed by atoms with Crippen LogP contribution in [0.2, 0.25) is 0 Å². The largest absolute Gasteiger partial charge is 0.484 e. The van der Waals surface area contributed by atoms with Crippen molar-refractivity contribution in [2.75, 3.05) is 18.0 Å². The Labute approximate surface area is 189 Å². The van der Waals surface area contributed by atoms with Gasteiger partial charge in [-0.25, -0.2) is 8.42 Å². The highest BCUT2D eigenvalue weighted by Gasteiger charge is 2.20. The first kappa shape index (κ1) is 23.3. The Morgan fingerprint density at radius 1 is 0.969 bits per heavy atom. The Hall–Kier alpha value is -3.32. The van der Waals surface area contributed by atoms with Crippen LogP contribution in [0.15, 0.2) is 83.8 Å². The molecule has 0 aliphatic rings. The molecule has 0 aliphatic carbocycles. The van der Waals surface area contributed by atoms with E-state index in [4.69, 9.17) is 4.74 Å². The number of sulfonamides is 1. The second-order valence-electron chi connectivity index (χ2n) is 7.45. The molecule has 1 unspecified atom stereocenters. The standard InChI is InChI=1S/C25H28N2O4S/c1-4-20-10-12-21(13-11-20)19(2)26-25(28)18-31-23-16-14-22(15-17-23)27(3)32(29,30)24-8-6-5-7-9-24/h5-17,19H,4,18H2,1-3H3,(H,26,28). The lowest BCUT2D eigenvalue weighted by atomic mass is 10.1. The van der Waals surface area contributed by atoms with Gasteiger partial charge < -0.3 is 10.1 Å². The second-order valence-corrected chi connectivity index (χ2v) is 9.42. The topological polar surface area (TPSA) is 75.7 Å². The van der Waals surface area contributed by atoms with E-state index in [2.05, 4.69) is 24.4 Å². The number of nitrogens with one attached hydrogen (secondary N) is 1. The number of rotatable bonds is 9. The summed E-state index contributed by atoms with van der Waals surface area (Å²) < 4.78 is 32.2. The summed E-state index contributed by atoms with van der Waals surface area (Å²) in [5, 5.41) is 2.92. The first-order valence-electron chi connectivity index (χ1n) is 10.5. The Bertz CT molecular complexity index is 1130. The Morgan fingerprint density at radius 3 is 2.19 bits per heavy atom. The number of carbonyl (C=O) groups is 1. The molecule has 6 nitrogen and oxygen atoms in total. The normalized spacial score (nSPS) is 12.1. The van der Waals surface area contributed by atoms with Crippen LogP contribution in [0.5, 0.6) is 5.75 Å². The monoisotopic (exact) mass is 452 g/mol. The van der Waals surface area contributed by atoms with Crippen LogP contribution in [-0.2, 0) is 21.2 Å². The second kappa shape index (κ2) is 10.3. The highest BCUT2D eigenvalue weighted by Crippen LogP contribution is 2.24. The molecule has 1 amide bonds. The predicted molar refractivity (Wildman–Crippen MR) is 126 cm³/mol. The smallest absolute Gasteiger partial charge is 0.264 e. The van der Waals surface area contributed by atoms with Crippen LogP contribution >= 0.6 is 0 Å². The van der Waals surface area contributed by atoms with E-state index in [1.165, 1.54) is 16.9 Å². The van der Waals surface area contributed by atoms with E-state index in [-0.39, 0.29) is 23.5 Å². The van der Waals surface area contributed by atoms with Crippen LogP contribution in [-0.4, -0.2) is 28.0 Å². The van der Waals surface area contributed by atoms with Gasteiger partial charge in [0, 0.05) is 7.05 Å². The molecule has 0 saturated heterocycles. The van der Waals surface area contributed by atoms with Gasteiger partial charge in [0.15, 0.2) is 6.61 Å². The summed E-state index contributed by atoms with van der Waals surface area (Å²) in [5.74, 6) is 0.249. The molecule has 0 bridgehead atoms. The zero-order valence-corrected chi connectivity index (χ0v) is 19.3. The van der Waals surface area contributed by atoms with Crippen molar-refractivity contribution in [3.63, 3.8) is 0 Å². The van der Waals surface area contributed by atoms with Crippen molar-refractivity contribution in [3.05, 3.63) is 90.0 Å². The Balaban J connectivity index is 1.55. The maximum atomic E-state index is 12.7. The number of anilines is 1. The molecule has 168 valence electrons. The van der Waals surface area contributed by atoms with Gasteiger partial charge in [-0.3, -0.25) is 9.10 Å². The lowest BCUT2D eigenvalue weighted by Crippen LogP contribution is -2.31. The molecule has 3 aromatic carbocycles. The molecule has 0 aromatic heterocycles. The summed E-state index contributed by atoms with van der Waals surface area (Å²) in [6.45, 7) is 3.90. The van der Waals surface area contributed by atoms with Gasteiger partial charge in [0.25, 0.3) is 15.9 Å². The predicted octanol–water partition coefficient (Wildman–Crippen LogP) is 4.33. The van der Waals surface area contributed by atoms with Gasteiger partial charge in [-0.1, -0.05) is 49.4 Å². The van der Waals surface area contributed by atoms with Gasteiger partial charge in [-0.2, -0.15) is 0 Å². The fourth-order valence-corrected chi connectivity index (χ4v) is 4.42. The highest BCUT2D eigenvalue weighted by molar-refractivity contribution is 7.92. The first-order valence-corrected chi connectivity index (χ1v) is 11.9. The summed E-state index contributed by atoms with van der Waals surface area (Å²) >= 11 is 0. The summed E-state index contributed by atoms with van der Waals surface area (Å²) in [6.07, 6.45) is 0.974. The number of hydrogen-bond acceptors (Lipinski definition) is 4. The number of ether oxygens (including phenoxy) is 1. The molecule has 1 N–H and O–H groups in total. The van der Waals surface area contributed by atoms with Gasteiger partial charge in [0.2, 0.25) is 0 Å². The van der Waals surface area contributed by atoms with E-state index in [9.17, 15) is 13.2 Å². The van der Waals surface area contributed by atoms with E-state index >= 15 is 0 Å². The lowest BCUT2D eigenvalue weighted by Gasteiger charge is -2.20. The van der Waals surface area contributed by atoms with Crippen molar-refractivity contribution in [2.24, 2.45) is 0 Å². The fourth-order valence-electron chi connectivity index (χ4n) is 3.20. The molecule has 32 heavy (non-hydrogen) atoms. The number of carbonyl (C=O) groups excluding carboxylic acids is 1. The van der Waals surface area contributed by atoms with E-state index < -0.39 is 10.0 Å². The van der Waals surface area contributed by atoms with Crippen molar-refractivity contribution in [2.45, 2.75) is 31.2 Å². The van der Waals surface area contributed by atoms with Crippen LogP contribution in [0.4, 0.5) is 5.69 Å². The lowest BCUT2D eigenvalue weighted by molar-refractivity contribution is -0.123. The minimum atomic E-state index is -3.65. The molecule has 0 saturated carbocycles. The molecule has 3 aromatic rings. The van der Waals surface area contributed by atoms with Gasteiger partial charge in [0.1, 0.15) is 5.75 Å². The average molecular weight is 453 g/mol. The van der Waals surface area contributed by atoms with Crippen LogP contribution in [0, 0.1) is 0 Å². The quantitative estimate of drug-likeness (QED) is 0.524. The summed E-state index contributed by atoms with van der Waals surface area (Å²) in [4.78, 5) is 12.5. The molecule has 0 fully saturated rings. The number of amides is 1. The molecule has 0 aliphatic heterocycles. The molecular weight excluding hydrogens is 424 g/mol. The number of nitrogens with zero attached hydrogens (tertiary/aromatic N) is 1. The number of aryl methyl sites for hydroxylation is 1. The van der Waals surface area contributed by atoms with Crippen LogP contribution < -0.4 is 14.4 Å². The molecule has 1 atom stereocenters. The highest BCUT2D eigenvalue weighted by atomic mass is 32.2. The van der Waals surface area contributed by atoms with Crippen molar-refractivity contribution < 1.29 is 17.9 Å². The van der Waals surface area contributed by atoms with Crippen molar-refractivity contribution >= 4 is 21.6 Å². The summed E-state index contributed by atoms with van der Waals surface area (Å²) in [5.41, 5.74) is 2.78. The van der Waals surface area contributed by atoms with Crippen LogP contribution in [0.1, 0.15) is 31.0 Å². The van der Waals surface area contributed by atoms with Gasteiger partial charge in [-0.15, -0.1) is 0 Å². The third-order valence-corrected chi connectivity index (χ3v) is 7.04. The molecule has 7 heteroatoms. The third-order valence-electron chi connectivity index (χ3n) is 5.24. The average Bonchev–Trinajstić information content (AvgIpc) is 2.83.